The van der Waals surface area contributed by atoms with Crippen LogP contribution in [0.1, 0.15) is 51.4 Å². The fraction of sp³-hybridized carbons (Fsp3) is 0.500. The lowest BCUT2D eigenvalue weighted by Gasteiger charge is -2.55. The van der Waals surface area contributed by atoms with Gasteiger partial charge in [-0.1, -0.05) is 18.2 Å². The summed E-state index contributed by atoms with van der Waals surface area (Å²) in [4.78, 5) is 13.4. The first-order chi connectivity index (χ1) is 13.6. The van der Waals surface area contributed by atoms with E-state index in [1.165, 1.54) is 25.5 Å². The van der Waals surface area contributed by atoms with Gasteiger partial charge in [0.05, 0.1) is 5.57 Å². The predicted molar refractivity (Wildman–Crippen MR) is 104 cm³/mol. The molecule has 4 saturated carbocycles. The molecule has 0 amide bonds. The highest BCUT2D eigenvalue weighted by Crippen LogP contribution is 2.60. The number of ether oxygens (including phenoxy) is 2. The van der Waals surface area contributed by atoms with Gasteiger partial charge >= 0.3 is 0 Å². The quantitative estimate of drug-likeness (QED) is 0.499. The van der Waals surface area contributed by atoms with Crippen molar-refractivity contribution >= 4 is 5.78 Å². The second-order valence-corrected chi connectivity index (χ2v) is 9.10. The molecule has 1 heterocycles. The largest absolute Gasteiger partial charge is 0.465 e. The van der Waals surface area contributed by atoms with Crippen molar-refractivity contribution in [2.45, 2.75) is 51.4 Å². The second-order valence-electron chi connectivity index (χ2n) is 9.10. The maximum Gasteiger partial charge on any atom is 0.179 e. The number of rotatable bonds is 4. The molecule has 0 aromatic carbocycles. The summed E-state index contributed by atoms with van der Waals surface area (Å²) in [7, 11) is 0. The highest BCUT2D eigenvalue weighted by Gasteiger charge is 2.55. The molecule has 0 aromatic rings. The summed E-state index contributed by atoms with van der Waals surface area (Å²) in [6, 6.07) is 2.16. The van der Waals surface area contributed by atoms with Crippen LogP contribution in [0.2, 0.25) is 0 Å². The van der Waals surface area contributed by atoms with E-state index in [0.717, 1.165) is 37.7 Å². The third kappa shape index (κ3) is 3.03. The molecule has 0 aromatic heterocycles. The maximum atomic E-state index is 13.4. The van der Waals surface area contributed by atoms with Gasteiger partial charge < -0.3 is 9.47 Å². The molecule has 1 aliphatic heterocycles. The Morgan fingerprint density at radius 3 is 2.46 bits per heavy atom. The Balaban J connectivity index is 1.36. The molecule has 6 aliphatic rings. The lowest BCUT2D eigenvalue weighted by molar-refractivity contribution is -0.139. The smallest absolute Gasteiger partial charge is 0.179 e. The van der Waals surface area contributed by atoms with Crippen LogP contribution >= 0.6 is 0 Å². The van der Waals surface area contributed by atoms with Gasteiger partial charge in [0, 0.05) is 11.5 Å². The van der Waals surface area contributed by atoms with Crippen molar-refractivity contribution in [1.29, 1.82) is 5.26 Å². The predicted octanol–water partition coefficient (Wildman–Crippen LogP) is 5.23. The zero-order valence-corrected chi connectivity index (χ0v) is 16.0. The highest BCUT2D eigenvalue weighted by molar-refractivity contribution is 6.03. The minimum Gasteiger partial charge on any atom is -0.465 e. The van der Waals surface area contributed by atoms with Gasteiger partial charge in [0.2, 0.25) is 0 Å². The third-order valence-electron chi connectivity index (χ3n) is 7.09. The Morgan fingerprint density at radius 1 is 1.14 bits per heavy atom. The lowest BCUT2D eigenvalue weighted by atomic mass is 9.48. The average Bonchev–Trinajstić information content (AvgIpc) is 2.71. The zero-order valence-electron chi connectivity index (χ0n) is 16.0. The third-order valence-corrected chi connectivity index (χ3v) is 7.09. The number of carbonyl (C=O) groups is 1. The van der Waals surface area contributed by atoms with Crippen molar-refractivity contribution in [2.75, 3.05) is 0 Å². The van der Waals surface area contributed by atoms with E-state index in [-0.39, 0.29) is 16.8 Å². The molecule has 4 bridgehead atoms. The number of ketones is 1. The Bertz CT molecular complexity index is 858. The molecule has 5 aliphatic carbocycles. The Hall–Kier alpha value is -2.54. The molecule has 0 saturated heterocycles. The summed E-state index contributed by atoms with van der Waals surface area (Å²) in [6.07, 6.45) is 19.3. The number of carbonyl (C=O) groups excluding carboxylic acids is 1. The van der Waals surface area contributed by atoms with Crippen molar-refractivity contribution < 1.29 is 14.3 Å². The van der Waals surface area contributed by atoms with E-state index in [0.29, 0.717) is 29.3 Å². The van der Waals surface area contributed by atoms with E-state index >= 15 is 0 Å². The minimum atomic E-state index is -0.318. The molecule has 0 N–H and O–H groups in total. The van der Waals surface area contributed by atoms with E-state index < -0.39 is 0 Å². The summed E-state index contributed by atoms with van der Waals surface area (Å²) in [5.74, 6) is 3.10. The fourth-order valence-corrected chi connectivity index (χ4v) is 6.32. The first-order valence-electron chi connectivity index (χ1n) is 10.4. The van der Waals surface area contributed by atoms with E-state index in [2.05, 4.69) is 12.1 Å². The fourth-order valence-electron chi connectivity index (χ4n) is 6.32. The Labute approximate surface area is 165 Å². The molecule has 0 radical (unpaired) electrons. The van der Waals surface area contributed by atoms with E-state index in [9.17, 15) is 10.1 Å². The van der Waals surface area contributed by atoms with Crippen LogP contribution in [-0.4, -0.2) is 5.78 Å². The number of hydrogen-bond acceptors (Lipinski definition) is 4. The monoisotopic (exact) mass is 375 g/mol. The molecule has 0 atom stereocenters. The van der Waals surface area contributed by atoms with Gasteiger partial charge in [-0.15, -0.1) is 0 Å². The molecule has 6 rings (SSSR count). The lowest BCUT2D eigenvalue weighted by Crippen LogP contribution is -2.50. The maximum absolute atomic E-state index is 13.4. The van der Waals surface area contributed by atoms with Crippen LogP contribution in [0.3, 0.4) is 0 Å². The summed E-state index contributed by atoms with van der Waals surface area (Å²) in [6.45, 7) is 0. The molecule has 4 fully saturated rings. The van der Waals surface area contributed by atoms with E-state index in [1.54, 1.807) is 12.3 Å². The van der Waals surface area contributed by atoms with Crippen molar-refractivity contribution in [3.05, 3.63) is 59.5 Å². The second kappa shape index (κ2) is 6.81. The molecule has 0 unspecified atom stereocenters. The molecular formula is C24H25NO3. The average molecular weight is 375 g/mol. The molecule has 4 heteroatoms. The first-order valence-corrected chi connectivity index (χ1v) is 10.4. The molecular weight excluding hydrogens is 350 g/mol. The highest BCUT2D eigenvalue weighted by atomic mass is 16.5. The number of nitrogens with zero attached hydrogens (tertiary/aromatic N) is 1. The molecule has 0 spiro atoms. The Morgan fingerprint density at radius 2 is 1.86 bits per heavy atom. The minimum absolute atomic E-state index is 0.0227. The van der Waals surface area contributed by atoms with Gasteiger partial charge in [0.15, 0.2) is 17.3 Å². The topological polar surface area (TPSA) is 59.3 Å². The Kier molecular flexibility index (Phi) is 4.27. The van der Waals surface area contributed by atoms with Crippen molar-refractivity contribution in [3.63, 3.8) is 0 Å². The molecule has 28 heavy (non-hydrogen) atoms. The summed E-state index contributed by atoms with van der Waals surface area (Å²) in [5.41, 5.74) is 0.949. The summed E-state index contributed by atoms with van der Waals surface area (Å²) >= 11 is 0. The molecule has 4 nitrogen and oxygen atoms in total. The van der Waals surface area contributed by atoms with Crippen LogP contribution in [0.4, 0.5) is 0 Å². The van der Waals surface area contributed by atoms with Crippen molar-refractivity contribution in [1.82, 2.24) is 0 Å². The van der Waals surface area contributed by atoms with Gasteiger partial charge in [-0.2, -0.15) is 5.26 Å². The first kappa shape index (κ1) is 17.6. The summed E-state index contributed by atoms with van der Waals surface area (Å²) < 4.78 is 11.4. The van der Waals surface area contributed by atoms with Gasteiger partial charge in [0.1, 0.15) is 18.6 Å². The van der Waals surface area contributed by atoms with Crippen LogP contribution in [0.15, 0.2) is 59.5 Å². The van der Waals surface area contributed by atoms with Crippen LogP contribution in [0.25, 0.3) is 0 Å². The van der Waals surface area contributed by atoms with Gasteiger partial charge in [-0.05, 0) is 74.7 Å². The van der Waals surface area contributed by atoms with E-state index in [4.69, 9.17) is 9.47 Å². The molecule has 144 valence electrons. The van der Waals surface area contributed by atoms with Crippen LogP contribution in [-0.2, 0) is 14.3 Å². The number of hydrogen-bond donors (Lipinski definition) is 0. The SMILES string of the molecule is N#CC(=CC1=COC=C(C2=CC=CCC2)O1)C(=O)C12CC3CC(CC(C3)C1)C2. The number of Topliss-reactive ketones (excluding diaryl/α,β-unsaturated/α-hetero) is 1. The standard InChI is InChI=1S/C24H25NO3/c25-13-20(9-21-14-27-15-22(28-21)19-4-2-1-3-5-19)23(26)24-10-16-6-17(11-24)8-18(7-16)12-24/h1-2,4,9,14-18H,3,5-8,10-12H2. The summed E-state index contributed by atoms with van der Waals surface area (Å²) in [5, 5.41) is 9.75. The van der Waals surface area contributed by atoms with Crippen molar-refractivity contribution in [2.24, 2.45) is 23.2 Å². The zero-order chi connectivity index (χ0) is 19.1. The number of nitriles is 1. The van der Waals surface area contributed by atoms with E-state index in [1.807, 2.05) is 12.2 Å². The number of allylic oxidation sites excluding steroid dienone is 6. The van der Waals surface area contributed by atoms with Crippen molar-refractivity contribution in [3.8, 4) is 6.07 Å². The van der Waals surface area contributed by atoms with Gasteiger partial charge in [-0.25, -0.2) is 0 Å². The van der Waals surface area contributed by atoms with Crippen LogP contribution < -0.4 is 0 Å². The normalized spacial score (nSPS) is 35.9. The van der Waals surface area contributed by atoms with Gasteiger partial charge in [-0.3, -0.25) is 4.79 Å². The van der Waals surface area contributed by atoms with Crippen LogP contribution in [0, 0.1) is 34.5 Å². The van der Waals surface area contributed by atoms with Crippen LogP contribution in [0.5, 0.6) is 0 Å². The van der Waals surface area contributed by atoms with Gasteiger partial charge in [0.25, 0.3) is 0 Å².